The van der Waals surface area contributed by atoms with Gasteiger partial charge >= 0.3 is 6.03 Å². The van der Waals surface area contributed by atoms with Gasteiger partial charge in [0.25, 0.3) is 5.56 Å². The molecule has 6 nitrogen and oxygen atoms in total. The van der Waals surface area contributed by atoms with Crippen molar-refractivity contribution in [2.75, 3.05) is 32.5 Å². The zero-order chi connectivity index (χ0) is 22.4. The Morgan fingerprint density at radius 2 is 1.94 bits per heavy atom. The molecule has 7 heteroatoms. The van der Waals surface area contributed by atoms with E-state index in [-0.39, 0.29) is 17.8 Å². The lowest BCUT2D eigenvalue weighted by atomic mass is 10.1. The number of carbonyl (C=O) groups is 1. The number of aromatic nitrogens is 1. The van der Waals surface area contributed by atoms with Gasteiger partial charge in [0.05, 0.1) is 32.9 Å². The number of urea groups is 1. The first kappa shape index (κ1) is 22.5. The lowest BCUT2D eigenvalue weighted by Gasteiger charge is -2.23. The summed E-state index contributed by atoms with van der Waals surface area (Å²) in [6.45, 7) is 3.55. The lowest BCUT2D eigenvalue weighted by molar-refractivity contribution is -0.858. The van der Waals surface area contributed by atoms with Crippen molar-refractivity contribution in [1.29, 1.82) is 0 Å². The van der Waals surface area contributed by atoms with Gasteiger partial charge in [-0.15, -0.1) is 0 Å². The number of rotatable bonds is 8. The zero-order valence-corrected chi connectivity index (χ0v) is 18.3. The van der Waals surface area contributed by atoms with Gasteiger partial charge in [-0.3, -0.25) is 4.79 Å². The minimum absolute atomic E-state index is 0.121. The molecule has 0 saturated carbocycles. The fraction of sp³-hybridized carbons (Fsp3) is 0.333. The second kappa shape index (κ2) is 10.2. The standard InChI is InChI=1S/C24H29FN4O2/c1-4-17-10-11-21-18(14-17)15-19(23(30)26-21)16-29(13-7-12-28(2)3)24(31)27-22-9-6-5-8-20(22)25/h5-6,8-11,14-15H,4,7,12-13,16H2,1-3H3,(H,26,30)(H,27,31)/p+1. The van der Waals surface area contributed by atoms with Crippen LogP contribution in [0.15, 0.2) is 53.3 Å². The first-order valence-electron chi connectivity index (χ1n) is 10.6. The number of para-hydroxylation sites is 1. The number of anilines is 1. The Bertz CT molecular complexity index is 1110. The lowest BCUT2D eigenvalue weighted by Crippen LogP contribution is -3.05. The minimum atomic E-state index is -0.496. The average molecular weight is 426 g/mol. The monoisotopic (exact) mass is 425 g/mol. The normalized spacial score (nSPS) is 11.1. The summed E-state index contributed by atoms with van der Waals surface area (Å²) < 4.78 is 14.0. The SMILES string of the molecule is CCc1ccc2[nH]c(=O)c(CN(CCC[NH+](C)C)C(=O)Nc3ccccc3F)cc2c1. The number of fused-ring (bicyclic) bond motifs is 1. The molecule has 164 valence electrons. The van der Waals surface area contributed by atoms with Crippen LogP contribution in [0.5, 0.6) is 0 Å². The van der Waals surface area contributed by atoms with Gasteiger partial charge in [0.15, 0.2) is 0 Å². The van der Waals surface area contributed by atoms with E-state index in [1.807, 2.05) is 38.4 Å². The third-order valence-corrected chi connectivity index (χ3v) is 5.26. The predicted molar refractivity (Wildman–Crippen MR) is 122 cm³/mol. The largest absolute Gasteiger partial charge is 0.340 e. The van der Waals surface area contributed by atoms with Crippen LogP contribution in [0.2, 0.25) is 0 Å². The summed E-state index contributed by atoms with van der Waals surface area (Å²) in [5.41, 5.74) is 2.34. The average Bonchev–Trinajstić information content (AvgIpc) is 2.74. The molecule has 0 fully saturated rings. The smallest absolute Gasteiger partial charge is 0.322 e. The zero-order valence-electron chi connectivity index (χ0n) is 18.3. The van der Waals surface area contributed by atoms with Gasteiger partial charge in [0.2, 0.25) is 0 Å². The molecular formula is C24H30FN4O2+. The van der Waals surface area contributed by atoms with Gasteiger partial charge in [-0.1, -0.05) is 25.1 Å². The molecular weight excluding hydrogens is 395 g/mol. The number of hydrogen-bond acceptors (Lipinski definition) is 2. The van der Waals surface area contributed by atoms with Crippen molar-refractivity contribution >= 4 is 22.6 Å². The summed E-state index contributed by atoms with van der Waals surface area (Å²) >= 11 is 0. The topological polar surface area (TPSA) is 69.6 Å². The number of pyridine rings is 1. The number of aromatic amines is 1. The molecule has 1 heterocycles. The van der Waals surface area contributed by atoms with Crippen molar-refractivity contribution in [2.24, 2.45) is 0 Å². The summed E-state index contributed by atoms with van der Waals surface area (Å²) in [5, 5.41) is 3.57. The molecule has 0 atom stereocenters. The van der Waals surface area contributed by atoms with Gasteiger partial charge in [0.1, 0.15) is 5.82 Å². The van der Waals surface area contributed by atoms with Gasteiger partial charge in [-0.2, -0.15) is 0 Å². The number of nitrogens with one attached hydrogen (secondary N) is 3. The van der Waals surface area contributed by atoms with E-state index in [1.54, 1.807) is 17.0 Å². The maximum Gasteiger partial charge on any atom is 0.322 e. The maximum absolute atomic E-state index is 14.0. The van der Waals surface area contributed by atoms with Crippen LogP contribution in [0.4, 0.5) is 14.9 Å². The highest BCUT2D eigenvalue weighted by molar-refractivity contribution is 5.89. The van der Waals surface area contributed by atoms with Crippen LogP contribution in [-0.2, 0) is 13.0 Å². The van der Waals surface area contributed by atoms with E-state index in [1.165, 1.54) is 22.6 Å². The Morgan fingerprint density at radius 1 is 1.16 bits per heavy atom. The van der Waals surface area contributed by atoms with E-state index in [0.29, 0.717) is 12.1 Å². The Kier molecular flexibility index (Phi) is 7.41. The van der Waals surface area contributed by atoms with Gasteiger partial charge in [-0.25, -0.2) is 9.18 Å². The Labute approximate surface area is 181 Å². The molecule has 0 bridgehead atoms. The highest BCUT2D eigenvalue weighted by atomic mass is 19.1. The predicted octanol–water partition coefficient (Wildman–Crippen LogP) is 2.80. The fourth-order valence-electron chi connectivity index (χ4n) is 3.48. The molecule has 0 unspecified atom stereocenters. The van der Waals surface area contributed by atoms with E-state index < -0.39 is 11.8 Å². The minimum Gasteiger partial charge on any atom is -0.340 e. The Hall–Kier alpha value is -3.19. The fourth-order valence-corrected chi connectivity index (χ4v) is 3.48. The quantitative estimate of drug-likeness (QED) is 0.520. The number of halogens is 1. The Balaban J connectivity index is 1.86. The van der Waals surface area contributed by atoms with Gasteiger partial charge in [-0.05, 0) is 47.7 Å². The first-order valence-corrected chi connectivity index (χ1v) is 10.6. The van der Waals surface area contributed by atoms with Crippen molar-refractivity contribution in [3.8, 4) is 0 Å². The van der Waals surface area contributed by atoms with Crippen LogP contribution in [0.3, 0.4) is 0 Å². The molecule has 0 spiro atoms. The number of quaternary nitrogens is 1. The summed E-state index contributed by atoms with van der Waals surface area (Å²) in [5.74, 6) is -0.496. The molecule has 3 N–H and O–H groups in total. The van der Waals surface area contributed by atoms with Crippen molar-refractivity contribution in [3.05, 3.63) is 75.8 Å². The highest BCUT2D eigenvalue weighted by Crippen LogP contribution is 2.17. The molecule has 3 aromatic rings. The molecule has 31 heavy (non-hydrogen) atoms. The van der Waals surface area contributed by atoms with Crippen LogP contribution in [-0.4, -0.2) is 43.1 Å². The number of carbonyl (C=O) groups excluding carboxylic acids is 1. The van der Waals surface area contributed by atoms with E-state index in [0.717, 1.165) is 30.3 Å². The van der Waals surface area contributed by atoms with Crippen LogP contribution in [0.25, 0.3) is 10.9 Å². The first-order chi connectivity index (χ1) is 14.9. The number of amides is 2. The summed E-state index contributed by atoms with van der Waals surface area (Å²) in [6, 6.07) is 13.4. The number of H-pyrrole nitrogens is 1. The molecule has 3 rings (SSSR count). The number of hydrogen-bond donors (Lipinski definition) is 3. The van der Waals surface area contributed by atoms with E-state index in [9.17, 15) is 14.0 Å². The van der Waals surface area contributed by atoms with E-state index in [2.05, 4.69) is 17.2 Å². The highest BCUT2D eigenvalue weighted by Gasteiger charge is 2.18. The van der Waals surface area contributed by atoms with Crippen molar-refractivity contribution < 1.29 is 14.1 Å². The summed E-state index contributed by atoms with van der Waals surface area (Å²) in [4.78, 5) is 31.4. The summed E-state index contributed by atoms with van der Waals surface area (Å²) in [6.07, 6.45) is 1.66. The van der Waals surface area contributed by atoms with Crippen LogP contribution < -0.4 is 15.8 Å². The van der Waals surface area contributed by atoms with E-state index in [4.69, 9.17) is 0 Å². The third-order valence-electron chi connectivity index (χ3n) is 5.26. The maximum atomic E-state index is 14.0. The summed E-state index contributed by atoms with van der Waals surface area (Å²) in [7, 11) is 4.09. The Morgan fingerprint density at radius 3 is 2.65 bits per heavy atom. The molecule has 0 radical (unpaired) electrons. The number of benzene rings is 2. The third kappa shape index (κ3) is 5.92. The number of aryl methyl sites for hydroxylation is 1. The van der Waals surface area contributed by atoms with Gasteiger partial charge in [0, 0.05) is 24.0 Å². The molecule has 1 aromatic heterocycles. The molecule has 2 aromatic carbocycles. The van der Waals surface area contributed by atoms with Crippen LogP contribution in [0, 0.1) is 5.82 Å². The molecule has 2 amide bonds. The second-order valence-corrected chi connectivity index (χ2v) is 8.04. The molecule has 0 aliphatic heterocycles. The molecule has 0 aliphatic carbocycles. The molecule has 0 saturated heterocycles. The van der Waals surface area contributed by atoms with Crippen molar-refractivity contribution in [3.63, 3.8) is 0 Å². The number of nitrogens with zero attached hydrogens (tertiary/aromatic N) is 1. The second-order valence-electron chi connectivity index (χ2n) is 8.04. The van der Waals surface area contributed by atoms with Crippen LogP contribution >= 0.6 is 0 Å². The van der Waals surface area contributed by atoms with Crippen LogP contribution in [0.1, 0.15) is 24.5 Å². The van der Waals surface area contributed by atoms with Crippen molar-refractivity contribution in [1.82, 2.24) is 9.88 Å². The van der Waals surface area contributed by atoms with Crippen molar-refractivity contribution in [2.45, 2.75) is 26.3 Å². The van der Waals surface area contributed by atoms with E-state index >= 15 is 0 Å². The molecule has 0 aliphatic rings. The van der Waals surface area contributed by atoms with Gasteiger partial charge < -0.3 is 20.1 Å².